The number of nitrogens with one attached hydrogen (secondary N) is 2. The van der Waals surface area contributed by atoms with E-state index in [1.165, 1.54) is 0 Å². The van der Waals surface area contributed by atoms with E-state index >= 15 is 0 Å². The standard InChI is InChI=1S/C25H45N5O5/c1-24(2,3)14-18(28-23(33)35-25(4,5)6)22(32)30-13-7-8-19(30)21(31)27-15-16-9-11-17(12-10-16)20(26)29-34/h16-19,34H,7-15H2,1-6H3,(H2,26,29)(H,27,31)(H,28,33)/t16?,17?,18-,19+/m1/s1. The maximum Gasteiger partial charge on any atom is 0.408 e. The minimum Gasteiger partial charge on any atom is -0.444 e. The van der Waals surface area contributed by atoms with E-state index in [4.69, 9.17) is 15.7 Å². The number of oxime groups is 1. The second-order valence-corrected chi connectivity index (χ2v) is 12.1. The molecule has 3 amide bonds. The summed E-state index contributed by atoms with van der Waals surface area (Å²) in [5, 5.41) is 17.8. The summed E-state index contributed by atoms with van der Waals surface area (Å²) in [6.45, 7) is 12.4. The third kappa shape index (κ3) is 9.22. The number of nitrogens with zero attached hydrogens (tertiary/aromatic N) is 2. The first-order valence-electron chi connectivity index (χ1n) is 12.8. The molecule has 2 fully saturated rings. The van der Waals surface area contributed by atoms with E-state index in [0.29, 0.717) is 31.8 Å². The zero-order valence-electron chi connectivity index (χ0n) is 22.2. The lowest BCUT2D eigenvalue weighted by Crippen LogP contribution is -2.55. The van der Waals surface area contributed by atoms with Crippen molar-refractivity contribution in [1.29, 1.82) is 0 Å². The van der Waals surface area contributed by atoms with Gasteiger partial charge in [0.15, 0.2) is 0 Å². The topological polar surface area (TPSA) is 146 Å². The van der Waals surface area contributed by atoms with Gasteiger partial charge in [0, 0.05) is 19.0 Å². The summed E-state index contributed by atoms with van der Waals surface area (Å²) in [6, 6.07) is -1.31. The van der Waals surface area contributed by atoms with Crippen molar-refractivity contribution >= 4 is 23.7 Å². The molecule has 0 aromatic carbocycles. The molecule has 10 heteroatoms. The molecule has 0 bridgehead atoms. The Balaban J connectivity index is 1.98. The molecule has 2 aliphatic rings. The van der Waals surface area contributed by atoms with Crippen molar-refractivity contribution in [2.24, 2.45) is 28.1 Å². The molecule has 10 nitrogen and oxygen atoms in total. The Labute approximate surface area is 209 Å². The molecule has 0 aromatic heterocycles. The lowest BCUT2D eigenvalue weighted by Gasteiger charge is -2.33. The molecular weight excluding hydrogens is 450 g/mol. The molecule has 5 N–H and O–H groups in total. The molecule has 0 spiro atoms. The monoisotopic (exact) mass is 495 g/mol. The molecule has 0 radical (unpaired) electrons. The van der Waals surface area contributed by atoms with Crippen LogP contribution in [0.2, 0.25) is 0 Å². The van der Waals surface area contributed by atoms with E-state index in [9.17, 15) is 14.4 Å². The average molecular weight is 496 g/mol. The maximum absolute atomic E-state index is 13.5. The van der Waals surface area contributed by atoms with E-state index in [-0.39, 0.29) is 29.0 Å². The highest BCUT2D eigenvalue weighted by Crippen LogP contribution is 2.29. The van der Waals surface area contributed by atoms with Crippen LogP contribution in [0.5, 0.6) is 0 Å². The minimum absolute atomic E-state index is 0.0899. The van der Waals surface area contributed by atoms with Crippen LogP contribution in [0.4, 0.5) is 4.79 Å². The van der Waals surface area contributed by atoms with Gasteiger partial charge in [-0.05, 0) is 77.0 Å². The summed E-state index contributed by atoms with van der Waals surface area (Å²) in [5.41, 5.74) is 4.84. The molecule has 1 heterocycles. The van der Waals surface area contributed by atoms with Gasteiger partial charge in [0.25, 0.3) is 0 Å². The minimum atomic E-state index is -0.771. The molecule has 200 valence electrons. The van der Waals surface area contributed by atoms with Crippen LogP contribution in [-0.4, -0.2) is 64.6 Å². The highest BCUT2D eigenvalue weighted by Gasteiger charge is 2.39. The first kappa shape index (κ1) is 28.7. The van der Waals surface area contributed by atoms with Crippen molar-refractivity contribution < 1.29 is 24.3 Å². The predicted molar refractivity (Wildman–Crippen MR) is 134 cm³/mol. The number of amidine groups is 1. The number of amides is 3. The summed E-state index contributed by atoms with van der Waals surface area (Å²) in [5.74, 6) is 0.295. The third-order valence-corrected chi connectivity index (χ3v) is 6.59. The lowest BCUT2D eigenvalue weighted by molar-refractivity contribution is -0.140. The van der Waals surface area contributed by atoms with Crippen molar-refractivity contribution in [2.75, 3.05) is 13.1 Å². The summed E-state index contributed by atoms with van der Waals surface area (Å²) in [4.78, 5) is 40.6. The molecule has 1 aliphatic heterocycles. The largest absolute Gasteiger partial charge is 0.444 e. The maximum atomic E-state index is 13.5. The third-order valence-electron chi connectivity index (χ3n) is 6.59. The molecule has 35 heavy (non-hydrogen) atoms. The van der Waals surface area contributed by atoms with Crippen LogP contribution >= 0.6 is 0 Å². The van der Waals surface area contributed by atoms with Crippen LogP contribution in [-0.2, 0) is 14.3 Å². The SMILES string of the molecule is CC(C)(C)C[C@@H](NC(=O)OC(C)(C)C)C(=O)N1CCC[C@H]1C(=O)NCC1CCC(C(N)=NO)CC1. The van der Waals surface area contributed by atoms with Gasteiger partial charge >= 0.3 is 6.09 Å². The second kappa shape index (κ2) is 11.9. The van der Waals surface area contributed by atoms with Gasteiger partial charge in [-0.25, -0.2) is 4.79 Å². The number of hydrogen-bond donors (Lipinski definition) is 4. The van der Waals surface area contributed by atoms with Gasteiger partial charge in [-0.3, -0.25) is 9.59 Å². The van der Waals surface area contributed by atoms with Crippen LogP contribution in [0.25, 0.3) is 0 Å². The Bertz CT molecular complexity index is 778. The van der Waals surface area contributed by atoms with Crippen molar-refractivity contribution in [2.45, 2.75) is 104 Å². The fourth-order valence-electron chi connectivity index (χ4n) is 4.87. The number of carbonyl (C=O) groups is 3. The van der Waals surface area contributed by atoms with Gasteiger partial charge in [-0.1, -0.05) is 25.9 Å². The fraction of sp³-hybridized carbons (Fsp3) is 0.840. The second-order valence-electron chi connectivity index (χ2n) is 12.1. The number of alkyl carbamates (subject to hydrolysis) is 1. The Morgan fingerprint density at radius 3 is 2.26 bits per heavy atom. The van der Waals surface area contributed by atoms with Crippen molar-refractivity contribution in [3.05, 3.63) is 0 Å². The van der Waals surface area contributed by atoms with E-state index in [1.807, 2.05) is 20.8 Å². The van der Waals surface area contributed by atoms with E-state index in [2.05, 4.69) is 15.8 Å². The van der Waals surface area contributed by atoms with Gasteiger partial charge < -0.3 is 31.2 Å². The van der Waals surface area contributed by atoms with E-state index < -0.39 is 23.8 Å². The van der Waals surface area contributed by atoms with Crippen molar-refractivity contribution in [3.8, 4) is 0 Å². The first-order valence-corrected chi connectivity index (χ1v) is 12.8. The van der Waals surface area contributed by atoms with Crippen molar-refractivity contribution in [1.82, 2.24) is 15.5 Å². The van der Waals surface area contributed by atoms with Crippen LogP contribution < -0.4 is 16.4 Å². The summed E-state index contributed by atoms with van der Waals surface area (Å²) < 4.78 is 5.38. The Hall–Kier alpha value is -2.52. The Morgan fingerprint density at radius 2 is 1.71 bits per heavy atom. The van der Waals surface area contributed by atoms with Crippen LogP contribution in [0, 0.1) is 17.3 Å². The number of rotatable bonds is 7. The average Bonchev–Trinajstić information content (AvgIpc) is 3.24. The first-order chi connectivity index (χ1) is 16.2. The molecule has 0 aromatic rings. The summed E-state index contributed by atoms with van der Waals surface area (Å²) in [6.07, 6.45) is 4.57. The lowest BCUT2D eigenvalue weighted by atomic mass is 9.81. The van der Waals surface area contributed by atoms with Crippen LogP contribution in [0.15, 0.2) is 5.16 Å². The van der Waals surface area contributed by atoms with Crippen LogP contribution in [0.3, 0.4) is 0 Å². The molecule has 1 aliphatic carbocycles. The number of ether oxygens (including phenoxy) is 1. The van der Waals surface area contributed by atoms with E-state index in [1.54, 1.807) is 25.7 Å². The van der Waals surface area contributed by atoms with Gasteiger partial charge in [-0.2, -0.15) is 0 Å². The normalized spacial score (nSPS) is 24.6. The molecule has 2 rings (SSSR count). The zero-order valence-corrected chi connectivity index (χ0v) is 22.2. The Morgan fingerprint density at radius 1 is 1.09 bits per heavy atom. The van der Waals surface area contributed by atoms with Gasteiger partial charge in [0.2, 0.25) is 11.8 Å². The highest BCUT2D eigenvalue weighted by molar-refractivity contribution is 5.92. The molecule has 1 saturated heterocycles. The number of carbonyl (C=O) groups excluding carboxylic acids is 3. The van der Waals surface area contributed by atoms with Gasteiger partial charge in [0.1, 0.15) is 23.5 Å². The zero-order chi connectivity index (χ0) is 26.4. The molecule has 2 atom stereocenters. The van der Waals surface area contributed by atoms with Gasteiger partial charge in [-0.15, -0.1) is 0 Å². The number of nitrogens with two attached hydrogens (primary N) is 1. The Kier molecular flexibility index (Phi) is 9.80. The fourth-order valence-corrected chi connectivity index (χ4v) is 4.87. The quantitative estimate of drug-likeness (QED) is 0.185. The predicted octanol–water partition coefficient (Wildman–Crippen LogP) is 2.98. The number of likely N-dealkylation sites (tertiary alicyclic amines) is 1. The van der Waals surface area contributed by atoms with Gasteiger partial charge in [0.05, 0.1) is 0 Å². The van der Waals surface area contributed by atoms with E-state index in [0.717, 1.165) is 32.1 Å². The summed E-state index contributed by atoms with van der Waals surface area (Å²) >= 11 is 0. The molecule has 1 saturated carbocycles. The smallest absolute Gasteiger partial charge is 0.408 e. The molecule has 0 unspecified atom stereocenters. The van der Waals surface area contributed by atoms with Crippen LogP contribution in [0.1, 0.15) is 86.5 Å². The number of hydrogen-bond acceptors (Lipinski definition) is 6. The highest BCUT2D eigenvalue weighted by atomic mass is 16.6. The van der Waals surface area contributed by atoms with Crippen molar-refractivity contribution in [3.63, 3.8) is 0 Å². The molecular formula is C25H45N5O5. The summed E-state index contributed by atoms with van der Waals surface area (Å²) in [7, 11) is 0.